The molecule has 0 saturated carbocycles. The summed E-state index contributed by atoms with van der Waals surface area (Å²) in [5.41, 5.74) is 1.14. The zero-order valence-corrected chi connectivity index (χ0v) is 8.60. The van der Waals surface area contributed by atoms with Crippen molar-refractivity contribution in [3.05, 3.63) is 35.9 Å². The maximum absolute atomic E-state index is 11.6. The van der Waals surface area contributed by atoms with Crippen LogP contribution in [0, 0.1) is 5.92 Å². The van der Waals surface area contributed by atoms with Crippen LogP contribution in [0.5, 0.6) is 0 Å². The lowest BCUT2D eigenvalue weighted by Crippen LogP contribution is -2.24. The van der Waals surface area contributed by atoms with E-state index in [0.29, 0.717) is 19.5 Å². The fourth-order valence-electron chi connectivity index (χ4n) is 1.93. The van der Waals surface area contributed by atoms with Crippen LogP contribution in [0.2, 0.25) is 0 Å². The second-order valence-electron chi connectivity index (χ2n) is 4.01. The Morgan fingerprint density at radius 2 is 2.07 bits per heavy atom. The molecule has 3 heteroatoms. The van der Waals surface area contributed by atoms with Crippen molar-refractivity contribution >= 4 is 5.91 Å². The number of hydrogen-bond donors (Lipinski definition) is 1. The molecule has 1 atom stereocenters. The van der Waals surface area contributed by atoms with Gasteiger partial charge >= 0.3 is 0 Å². The lowest BCUT2D eigenvalue weighted by molar-refractivity contribution is -0.128. The van der Waals surface area contributed by atoms with E-state index >= 15 is 0 Å². The van der Waals surface area contributed by atoms with Crippen molar-refractivity contribution in [1.82, 2.24) is 4.90 Å². The van der Waals surface area contributed by atoms with Gasteiger partial charge < -0.3 is 10.0 Å². The second-order valence-corrected chi connectivity index (χ2v) is 4.01. The number of rotatable bonds is 3. The largest absolute Gasteiger partial charge is 0.396 e. The van der Waals surface area contributed by atoms with Crippen LogP contribution in [0.4, 0.5) is 0 Å². The molecular weight excluding hydrogens is 190 g/mol. The highest BCUT2D eigenvalue weighted by Gasteiger charge is 2.28. The number of hydrogen-bond acceptors (Lipinski definition) is 2. The fraction of sp³-hybridized carbons (Fsp3) is 0.417. The average Bonchev–Trinajstić information content (AvgIpc) is 2.61. The summed E-state index contributed by atoms with van der Waals surface area (Å²) in [6.07, 6.45) is 0.489. The molecule has 0 radical (unpaired) electrons. The van der Waals surface area contributed by atoms with Gasteiger partial charge in [-0.05, 0) is 5.56 Å². The van der Waals surface area contributed by atoms with Gasteiger partial charge in [-0.2, -0.15) is 0 Å². The smallest absolute Gasteiger partial charge is 0.223 e. The van der Waals surface area contributed by atoms with Crippen molar-refractivity contribution in [2.24, 2.45) is 5.92 Å². The Bertz CT molecular complexity index is 337. The van der Waals surface area contributed by atoms with Crippen LogP contribution in [0.15, 0.2) is 30.3 Å². The SMILES string of the molecule is O=C1C[C@H](CO)CN1Cc1ccccc1. The number of likely N-dealkylation sites (tertiary alicyclic amines) is 1. The molecule has 1 heterocycles. The molecule has 1 N–H and O–H groups in total. The van der Waals surface area contributed by atoms with Gasteiger partial charge in [0.25, 0.3) is 0 Å². The predicted octanol–water partition coefficient (Wildman–Crippen LogP) is 1.03. The van der Waals surface area contributed by atoms with E-state index in [9.17, 15) is 4.79 Å². The summed E-state index contributed by atoms with van der Waals surface area (Å²) in [7, 11) is 0. The molecule has 1 aliphatic heterocycles. The number of aliphatic hydroxyl groups excluding tert-OH is 1. The highest BCUT2D eigenvalue weighted by atomic mass is 16.3. The Kier molecular flexibility index (Phi) is 3.02. The average molecular weight is 205 g/mol. The highest BCUT2D eigenvalue weighted by Crippen LogP contribution is 2.19. The first-order chi connectivity index (χ1) is 7.29. The summed E-state index contributed by atoms with van der Waals surface area (Å²) < 4.78 is 0. The van der Waals surface area contributed by atoms with Crippen molar-refractivity contribution in [2.75, 3.05) is 13.2 Å². The molecule has 1 fully saturated rings. The molecule has 15 heavy (non-hydrogen) atoms. The van der Waals surface area contributed by atoms with E-state index < -0.39 is 0 Å². The number of aliphatic hydroxyl groups is 1. The van der Waals surface area contributed by atoms with Crippen molar-refractivity contribution in [3.8, 4) is 0 Å². The lowest BCUT2D eigenvalue weighted by Gasteiger charge is -2.16. The molecule has 2 rings (SSSR count). The van der Waals surface area contributed by atoms with Crippen molar-refractivity contribution in [2.45, 2.75) is 13.0 Å². The molecule has 1 aliphatic rings. The standard InChI is InChI=1S/C12H15NO2/c14-9-11-6-12(15)13(8-11)7-10-4-2-1-3-5-10/h1-5,11,14H,6-9H2/t11-/m0/s1. The van der Waals surface area contributed by atoms with E-state index in [-0.39, 0.29) is 18.4 Å². The van der Waals surface area contributed by atoms with E-state index in [0.717, 1.165) is 5.56 Å². The predicted molar refractivity (Wildman–Crippen MR) is 57.1 cm³/mol. The Morgan fingerprint density at radius 3 is 2.67 bits per heavy atom. The van der Waals surface area contributed by atoms with Crippen molar-refractivity contribution < 1.29 is 9.90 Å². The summed E-state index contributed by atoms with van der Waals surface area (Å²) in [5, 5.41) is 8.99. The summed E-state index contributed by atoms with van der Waals surface area (Å²) in [4.78, 5) is 13.4. The Labute approximate surface area is 89.3 Å². The van der Waals surface area contributed by atoms with Crippen LogP contribution in [-0.2, 0) is 11.3 Å². The van der Waals surface area contributed by atoms with Crippen LogP contribution >= 0.6 is 0 Å². The van der Waals surface area contributed by atoms with E-state index in [2.05, 4.69) is 0 Å². The molecule has 3 nitrogen and oxygen atoms in total. The first kappa shape index (κ1) is 10.2. The third kappa shape index (κ3) is 2.36. The fourth-order valence-corrected chi connectivity index (χ4v) is 1.93. The highest BCUT2D eigenvalue weighted by molar-refractivity contribution is 5.78. The van der Waals surface area contributed by atoms with E-state index in [1.807, 2.05) is 35.2 Å². The number of benzene rings is 1. The molecular formula is C12H15NO2. The maximum Gasteiger partial charge on any atom is 0.223 e. The van der Waals surface area contributed by atoms with E-state index in [1.54, 1.807) is 0 Å². The number of carbonyl (C=O) groups excluding carboxylic acids is 1. The van der Waals surface area contributed by atoms with Gasteiger partial charge in [0.15, 0.2) is 0 Å². The van der Waals surface area contributed by atoms with Crippen LogP contribution in [-0.4, -0.2) is 29.1 Å². The van der Waals surface area contributed by atoms with Gasteiger partial charge in [-0.3, -0.25) is 4.79 Å². The zero-order valence-electron chi connectivity index (χ0n) is 8.60. The minimum atomic E-state index is 0.108. The van der Waals surface area contributed by atoms with E-state index in [1.165, 1.54) is 0 Å². The van der Waals surface area contributed by atoms with E-state index in [4.69, 9.17) is 5.11 Å². The third-order valence-electron chi connectivity index (χ3n) is 2.77. The monoisotopic (exact) mass is 205 g/mol. The topological polar surface area (TPSA) is 40.5 Å². The number of amides is 1. The maximum atomic E-state index is 11.6. The molecule has 0 bridgehead atoms. The molecule has 0 unspecified atom stereocenters. The third-order valence-corrected chi connectivity index (χ3v) is 2.77. The minimum absolute atomic E-state index is 0.108. The Morgan fingerprint density at radius 1 is 1.33 bits per heavy atom. The summed E-state index contributed by atoms with van der Waals surface area (Å²) in [6, 6.07) is 9.93. The van der Waals surface area contributed by atoms with Gasteiger partial charge in [0.1, 0.15) is 0 Å². The lowest BCUT2D eigenvalue weighted by atomic mass is 10.1. The molecule has 1 aromatic rings. The first-order valence-corrected chi connectivity index (χ1v) is 5.22. The molecule has 1 saturated heterocycles. The molecule has 0 aliphatic carbocycles. The number of nitrogens with zero attached hydrogens (tertiary/aromatic N) is 1. The van der Waals surface area contributed by atoms with Crippen LogP contribution < -0.4 is 0 Å². The molecule has 80 valence electrons. The zero-order chi connectivity index (χ0) is 10.7. The van der Waals surface area contributed by atoms with Gasteiger partial charge in [-0.15, -0.1) is 0 Å². The Hall–Kier alpha value is -1.35. The van der Waals surface area contributed by atoms with Gasteiger partial charge in [0.2, 0.25) is 5.91 Å². The summed E-state index contributed by atoms with van der Waals surface area (Å²) >= 11 is 0. The summed E-state index contributed by atoms with van der Waals surface area (Å²) in [5.74, 6) is 0.277. The molecule has 0 aromatic heterocycles. The number of carbonyl (C=O) groups is 1. The van der Waals surface area contributed by atoms with Crippen LogP contribution in [0.3, 0.4) is 0 Å². The van der Waals surface area contributed by atoms with Crippen molar-refractivity contribution in [3.63, 3.8) is 0 Å². The Balaban J connectivity index is 1.99. The second kappa shape index (κ2) is 4.45. The van der Waals surface area contributed by atoms with Gasteiger partial charge in [-0.1, -0.05) is 30.3 Å². The normalized spacial score (nSPS) is 21.0. The first-order valence-electron chi connectivity index (χ1n) is 5.22. The summed E-state index contributed by atoms with van der Waals surface area (Å²) in [6.45, 7) is 1.46. The van der Waals surface area contributed by atoms with Gasteiger partial charge in [0.05, 0.1) is 0 Å². The van der Waals surface area contributed by atoms with Crippen LogP contribution in [0.25, 0.3) is 0 Å². The molecule has 1 aromatic carbocycles. The van der Waals surface area contributed by atoms with Gasteiger partial charge in [-0.25, -0.2) is 0 Å². The van der Waals surface area contributed by atoms with Gasteiger partial charge in [0, 0.05) is 32.0 Å². The quantitative estimate of drug-likeness (QED) is 0.800. The molecule has 0 spiro atoms. The van der Waals surface area contributed by atoms with Crippen molar-refractivity contribution in [1.29, 1.82) is 0 Å². The van der Waals surface area contributed by atoms with Crippen LogP contribution in [0.1, 0.15) is 12.0 Å². The minimum Gasteiger partial charge on any atom is -0.396 e. The molecule has 1 amide bonds.